The predicted molar refractivity (Wildman–Crippen MR) is 77.1 cm³/mol. The molecule has 0 aliphatic carbocycles. The van der Waals surface area contributed by atoms with Crippen LogP contribution in [0.15, 0.2) is 47.2 Å². The van der Waals surface area contributed by atoms with Crippen LogP contribution in [-0.4, -0.2) is 29.2 Å². The Hall–Kier alpha value is -1.62. The van der Waals surface area contributed by atoms with Crippen LogP contribution in [0.2, 0.25) is 0 Å². The first-order valence-electron chi connectivity index (χ1n) is 6.09. The van der Waals surface area contributed by atoms with Crippen LogP contribution in [0, 0.1) is 6.42 Å². The maximum atomic E-state index is 5.81. The minimum absolute atomic E-state index is 0.0559. The molecule has 1 saturated heterocycles. The first-order valence-corrected chi connectivity index (χ1v) is 6.88. The minimum Gasteiger partial charge on any atom is -0.472 e. The average molecular weight is 319 g/mol. The first-order chi connectivity index (χ1) is 9.31. The van der Waals surface area contributed by atoms with E-state index < -0.39 is 0 Å². The van der Waals surface area contributed by atoms with Gasteiger partial charge in [-0.25, -0.2) is 9.97 Å². The number of halogens is 1. The normalized spacial score (nSPS) is 18.6. The summed E-state index contributed by atoms with van der Waals surface area (Å²) in [6.45, 7) is 1.64. The molecular formula is C14H13BrN3O. The van der Waals surface area contributed by atoms with Crippen LogP contribution in [-0.2, 0) is 0 Å². The molecule has 2 aromatic rings. The van der Waals surface area contributed by atoms with Gasteiger partial charge in [0.05, 0.1) is 6.54 Å². The number of hydrogen-bond acceptors (Lipinski definition) is 4. The highest BCUT2D eigenvalue weighted by molar-refractivity contribution is 9.10. The number of ether oxygens (including phenoxy) is 1. The van der Waals surface area contributed by atoms with Gasteiger partial charge in [-0.1, -0.05) is 6.07 Å². The maximum Gasteiger partial charge on any atom is 0.213 e. The van der Waals surface area contributed by atoms with Gasteiger partial charge in [0.25, 0.3) is 0 Å². The molecule has 0 unspecified atom stereocenters. The van der Waals surface area contributed by atoms with Crippen molar-refractivity contribution in [2.75, 3.05) is 18.0 Å². The Kier molecular flexibility index (Phi) is 3.64. The summed E-state index contributed by atoms with van der Waals surface area (Å²) in [5.74, 6) is 1.63. The van der Waals surface area contributed by atoms with E-state index in [-0.39, 0.29) is 6.10 Å². The third kappa shape index (κ3) is 3.04. The van der Waals surface area contributed by atoms with Gasteiger partial charge in [-0.3, -0.25) is 0 Å². The molecule has 0 amide bonds. The lowest BCUT2D eigenvalue weighted by atomic mass is 10.3. The van der Waals surface area contributed by atoms with Crippen molar-refractivity contribution in [1.29, 1.82) is 0 Å². The minimum atomic E-state index is 0.0559. The van der Waals surface area contributed by atoms with E-state index in [1.807, 2.05) is 36.5 Å². The van der Waals surface area contributed by atoms with Crippen molar-refractivity contribution in [2.24, 2.45) is 0 Å². The summed E-state index contributed by atoms with van der Waals surface area (Å²) in [7, 11) is 0. The quantitative estimate of drug-likeness (QED) is 0.872. The molecule has 3 heterocycles. The van der Waals surface area contributed by atoms with Crippen molar-refractivity contribution < 1.29 is 4.74 Å². The zero-order valence-corrected chi connectivity index (χ0v) is 11.8. The second-order valence-electron chi connectivity index (χ2n) is 4.30. The molecule has 1 atom stereocenters. The predicted octanol–water partition coefficient (Wildman–Crippen LogP) is 2.71. The number of hydrogen-bond donors (Lipinski definition) is 0. The summed E-state index contributed by atoms with van der Waals surface area (Å²) >= 11 is 3.39. The van der Waals surface area contributed by atoms with Crippen molar-refractivity contribution in [1.82, 2.24) is 9.97 Å². The lowest BCUT2D eigenvalue weighted by Crippen LogP contribution is -2.25. The van der Waals surface area contributed by atoms with Crippen LogP contribution in [0.3, 0.4) is 0 Å². The molecule has 0 spiro atoms. The fraction of sp³-hybridized carbons (Fsp3) is 0.214. The molecule has 1 aliphatic rings. The van der Waals surface area contributed by atoms with E-state index in [9.17, 15) is 0 Å². The summed E-state index contributed by atoms with van der Waals surface area (Å²) in [6.07, 6.45) is 5.74. The molecule has 1 fully saturated rings. The Morgan fingerprint density at radius 2 is 2.16 bits per heavy atom. The fourth-order valence-corrected chi connectivity index (χ4v) is 2.25. The zero-order valence-electron chi connectivity index (χ0n) is 10.2. The monoisotopic (exact) mass is 318 g/mol. The second kappa shape index (κ2) is 5.57. The fourth-order valence-electron chi connectivity index (χ4n) is 2.01. The summed E-state index contributed by atoms with van der Waals surface area (Å²) in [5, 5.41) is 0. The molecule has 97 valence electrons. The summed E-state index contributed by atoms with van der Waals surface area (Å²) < 4.78 is 6.79. The Balaban J connectivity index is 1.62. The van der Waals surface area contributed by atoms with E-state index in [4.69, 9.17) is 4.74 Å². The van der Waals surface area contributed by atoms with E-state index in [0.717, 1.165) is 23.4 Å². The molecule has 1 aliphatic heterocycles. The molecular weight excluding hydrogens is 306 g/mol. The van der Waals surface area contributed by atoms with Gasteiger partial charge in [-0.2, -0.15) is 0 Å². The van der Waals surface area contributed by atoms with Crippen molar-refractivity contribution in [3.05, 3.63) is 53.6 Å². The Bertz CT molecular complexity index is 532. The van der Waals surface area contributed by atoms with Gasteiger partial charge in [0.2, 0.25) is 5.88 Å². The summed E-state index contributed by atoms with van der Waals surface area (Å²) in [4.78, 5) is 10.7. The molecule has 2 aromatic heterocycles. The number of pyridine rings is 2. The van der Waals surface area contributed by atoms with Crippen LogP contribution < -0.4 is 9.64 Å². The standard InChI is InChI=1S/C14H13BrN3O/c15-11-4-5-13(17-9-11)18-8-6-12(10-18)19-14-3-1-2-7-16-14/h1-7,9,12H,8,10H2/t12-/m0/s1. The highest BCUT2D eigenvalue weighted by Crippen LogP contribution is 2.21. The lowest BCUT2D eigenvalue weighted by Gasteiger charge is -2.17. The number of nitrogens with zero attached hydrogens (tertiary/aromatic N) is 3. The molecule has 5 heteroatoms. The Labute approximate surface area is 120 Å². The molecule has 19 heavy (non-hydrogen) atoms. The highest BCUT2D eigenvalue weighted by Gasteiger charge is 2.25. The van der Waals surface area contributed by atoms with Gasteiger partial charge in [0.1, 0.15) is 11.9 Å². The van der Waals surface area contributed by atoms with Gasteiger partial charge in [-0.05, 0) is 34.1 Å². The second-order valence-corrected chi connectivity index (χ2v) is 5.22. The average Bonchev–Trinajstić information content (AvgIpc) is 2.89. The number of anilines is 1. The molecule has 0 bridgehead atoms. The van der Waals surface area contributed by atoms with Crippen LogP contribution in [0.1, 0.15) is 0 Å². The van der Waals surface area contributed by atoms with E-state index in [1.165, 1.54) is 0 Å². The van der Waals surface area contributed by atoms with Gasteiger partial charge in [0.15, 0.2) is 0 Å². The van der Waals surface area contributed by atoms with Crippen molar-refractivity contribution in [3.63, 3.8) is 0 Å². The van der Waals surface area contributed by atoms with Crippen LogP contribution in [0.5, 0.6) is 5.88 Å². The highest BCUT2D eigenvalue weighted by atomic mass is 79.9. The van der Waals surface area contributed by atoms with E-state index in [1.54, 1.807) is 6.20 Å². The smallest absolute Gasteiger partial charge is 0.213 e. The maximum absolute atomic E-state index is 5.81. The van der Waals surface area contributed by atoms with Crippen molar-refractivity contribution in [3.8, 4) is 5.88 Å². The molecule has 1 radical (unpaired) electrons. The molecule has 3 rings (SSSR count). The number of aromatic nitrogens is 2. The topological polar surface area (TPSA) is 38.2 Å². The van der Waals surface area contributed by atoms with E-state index in [2.05, 4.69) is 37.2 Å². The summed E-state index contributed by atoms with van der Waals surface area (Å²) in [6, 6.07) is 9.67. The van der Waals surface area contributed by atoms with Gasteiger partial charge in [0, 0.05) is 35.9 Å². The van der Waals surface area contributed by atoms with Crippen LogP contribution in [0.4, 0.5) is 5.82 Å². The van der Waals surface area contributed by atoms with Crippen molar-refractivity contribution in [2.45, 2.75) is 6.10 Å². The van der Waals surface area contributed by atoms with Gasteiger partial charge < -0.3 is 9.64 Å². The molecule has 4 nitrogen and oxygen atoms in total. The van der Waals surface area contributed by atoms with Crippen LogP contribution >= 0.6 is 15.9 Å². The van der Waals surface area contributed by atoms with Gasteiger partial charge in [-0.15, -0.1) is 0 Å². The Morgan fingerprint density at radius 3 is 2.89 bits per heavy atom. The lowest BCUT2D eigenvalue weighted by molar-refractivity contribution is 0.246. The first kappa shape index (κ1) is 12.4. The van der Waals surface area contributed by atoms with Crippen molar-refractivity contribution >= 4 is 21.7 Å². The summed E-state index contributed by atoms with van der Waals surface area (Å²) in [5.41, 5.74) is 0. The van der Waals surface area contributed by atoms with Crippen LogP contribution in [0.25, 0.3) is 0 Å². The third-order valence-corrected chi connectivity index (χ3v) is 3.40. The van der Waals surface area contributed by atoms with E-state index in [0.29, 0.717) is 5.88 Å². The third-order valence-electron chi connectivity index (χ3n) is 2.93. The Morgan fingerprint density at radius 1 is 1.21 bits per heavy atom. The molecule has 0 saturated carbocycles. The number of rotatable bonds is 3. The largest absolute Gasteiger partial charge is 0.472 e. The van der Waals surface area contributed by atoms with Gasteiger partial charge >= 0.3 is 0 Å². The zero-order chi connectivity index (χ0) is 13.1. The SMILES string of the molecule is Brc1ccc(N2C[CH][C@H](Oc3ccccn3)C2)nc1. The van der Waals surface area contributed by atoms with E-state index >= 15 is 0 Å². The molecule has 0 N–H and O–H groups in total. The molecule has 0 aromatic carbocycles.